The smallest absolute Gasteiger partial charge is 0.272 e. The lowest BCUT2D eigenvalue weighted by Gasteiger charge is -2.18. The first-order valence-corrected chi connectivity index (χ1v) is 7.80. The van der Waals surface area contributed by atoms with Crippen LogP contribution >= 0.6 is 0 Å². The van der Waals surface area contributed by atoms with E-state index >= 15 is 0 Å². The number of ether oxygens (including phenoxy) is 1. The summed E-state index contributed by atoms with van der Waals surface area (Å²) in [5, 5.41) is 13.0. The monoisotopic (exact) mass is 344 g/mol. The Morgan fingerprint density at radius 1 is 1.28 bits per heavy atom. The minimum atomic E-state index is -0.746. The SMILES string of the molecule is CCOc1c(Nc2cccc(C(=O)N3CCC(=O)C3)c2O)c(=O)c1=O. The van der Waals surface area contributed by atoms with Gasteiger partial charge in [0.25, 0.3) is 16.8 Å². The van der Waals surface area contributed by atoms with Crippen molar-refractivity contribution in [2.24, 2.45) is 0 Å². The number of carbonyl (C=O) groups excluding carboxylic acids is 2. The second-order valence-electron chi connectivity index (χ2n) is 5.64. The molecule has 1 fully saturated rings. The molecule has 0 unspecified atom stereocenters. The second kappa shape index (κ2) is 6.39. The van der Waals surface area contributed by atoms with Crippen LogP contribution in [0.2, 0.25) is 0 Å². The highest BCUT2D eigenvalue weighted by Gasteiger charge is 2.28. The predicted molar refractivity (Wildman–Crippen MR) is 89.4 cm³/mol. The Kier molecular flexibility index (Phi) is 4.26. The molecule has 2 aromatic rings. The van der Waals surface area contributed by atoms with E-state index in [0.29, 0.717) is 13.0 Å². The molecule has 0 bridgehead atoms. The second-order valence-corrected chi connectivity index (χ2v) is 5.64. The van der Waals surface area contributed by atoms with Crippen LogP contribution < -0.4 is 20.9 Å². The average Bonchev–Trinajstić information content (AvgIpc) is 3.04. The molecule has 0 aromatic heterocycles. The maximum atomic E-state index is 12.4. The number of para-hydroxylation sites is 1. The van der Waals surface area contributed by atoms with Crippen LogP contribution in [0.3, 0.4) is 0 Å². The molecule has 1 aliphatic rings. The summed E-state index contributed by atoms with van der Waals surface area (Å²) in [6.07, 6.45) is 0.297. The van der Waals surface area contributed by atoms with Crippen LogP contribution in [0.5, 0.6) is 11.5 Å². The van der Waals surface area contributed by atoms with Crippen LogP contribution in [0, 0.1) is 0 Å². The van der Waals surface area contributed by atoms with Gasteiger partial charge >= 0.3 is 0 Å². The van der Waals surface area contributed by atoms with Gasteiger partial charge in [-0.25, -0.2) is 0 Å². The fourth-order valence-corrected chi connectivity index (χ4v) is 2.69. The number of amides is 1. The van der Waals surface area contributed by atoms with E-state index in [1.54, 1.807) is 6.92 Å². The summed E-state index contributed by atoms with van der Waals surface area (Å²) < 4.78 is 5.11. The molecule has 3 rings (SSSR count). The van der Waals surface area contributed by atoms with Crippen LogP contribution in [0.1, 0.15) is 23.7 Å². The molecule has 130 valence electrons. The number of carbonyl (C=O) groups is 2. The van der Waals surface area contributed by atoms with E-state index in [4.69, 9.17) is 4.74 Å². The topological polar surface area (TPSA) is 113 Å². The van der Waals surface area contributed by atoms with Gasteiger partial charge in [-0.3, -0.25) is 19.2 Å². The van der Waals surface area contributed by atoms with Gasteiger partial charge in [0.15, 0.2) is 17.3 Å². The van der Waals surface area contributed by atoms with Crippen LogP contribution in [0.4, 0.5) is 11.4 Å². The van der Waals surface area contributed by atoms with Gasteiger partial charge < -0.3 is 20.1 Å². The van der Waals surface area contributed by atoms with Crippen LogP contribution in [0.15, 0.2) is 27.8 Å². The Bertz CT molecular complexity index is 926. The fraction of sp³-hybridized carbons (Fsp3) is 0.294. The van der Waals surface area contributed by atoms with Crippen LogP contribution in [-0.2, 0) is 4.79 Å². The van der Waals surface area contributed by atoms with E-state index in [-0.39, 0.29) is 47.4 Å². The number of nitrogens with one attached hydrogen (secondary N) is 1. The maximum Gasteiger partial charge on any atom is 0.272 e. The largest absolute Gasteiger partial charge is 0.505 e. The minimum absolute atomic E-state index is 0.0105. The van der Waals surface area contributed by atoms with Gasteiger partial charge in [-0.15, -0.1) is 0 Å². The first-order chi connectivity index (χ1) is 11.9. The number of likely N-dealkylation sites (tertiary alicyclic amines) is 1. The summed E-state index contributed by atoms with van der Waals surface area (Å²) >= 11 is 0. The third-order valence-corrected chi connectivity index (χ3v) is 4.00. The summed E-state index contributed by atoms with van der Waals surface area (Å²) in [5.74, 6) is -0.953. The minimum Gasteiger partial charge on any atom is -0.505 e. The molecule has 2 N–H and O–H groups in total. The van der Waals surface area contributed by atoms with Crippen molar-refractivity contribution in [3.05, 3.63) is 44.2 Å². The molecular formula is C17H16N2O6. The van der Waals surface area contributed by atoms with E-state index in [0.717, 1.165) is 0 Å². The molecule has 2 aromatic carbocycles. The molecule has 1 amide bonds. The van der Waals surface area contributed by atoms with Gasteiger partial charge in [-0.1, -0.05) is 6.07 Å². The third-order valence-electron chi connectivity index (χ3n) is 4.00. The zero-order valence-corrected chi connectivity index (χ0v) is 13.5. The van der Waals surface area contributed by atoms with Crippen molar-refractivity contribution in [2.45, 2.75) is 13.3 Å². The van der Waals surface area contributed by atoms with Crippen molar-refractivity contribution >= 4 is 23.1 Å². The van der Waals surface area contributed by atoms with E-state index in [1.165, 1.54) is 23.1 Å². The van der Waals surface area contributed by atoms with Crippen molar-refractivity contribution in [3.63, 3.8) is 0 Å². The third kappa shape index (κ3) is 2.86. The molecule has 25 heavy (non-hydrogen) atoms. The molecule has 1 aliphatic heterocycles. The zero-order valence-electron chi connectivity index (χ0n) is 13.5. The average molecular weight is 344 g/mol. The van der Waals surface area contributed by atoms with E-state index in [1.807, 2.05) is 0 Å². The number of phenols is 1. The zero-order chi connectivity index (χ0) is 18.1. The van der Waals surface area contributed by atoms with Crippen molar-refractivity contribution in [1.29, 1.82) is 0 Å². The number of ketones is 1. The number of aromatic hydroxyl groups is 1. The summed E-state index contributed by atoms with van der Waals surface area (Å²) in [5.41, 5.74) is -1.42. The number of Topliss-reactive ketones (excluding diaryl/α,β-unsaturated/α-hetero) is 1. The number of rotatable bonds is 5. The highest BCUT2D eigenvalue weighted by Crippen LogP contribution is 2.33. The van der Waals surface area contributed by atoms with E-state index in [2.05, 4.69) is 5.32 Å². The Morgan fingerprint density at radius 2 is 2.04 bits per heavy atom. The number of anilines is 2. The molecular weight excluding hydrogens is 328 g/mol. The quantitative estimate of drug-likeness (QED) is 0.601. The molecule has 0 aliphatic carbocycles. The van der Waals surface area contributed by atoms with Gasteiger partial charge in [0, 0.05) is 13.0 Å². The molecule has 1 saturated heterocycles. The van der Waals surface area contributed by atoms with Gasteiger partial charge in [0.05, 0.1) is 24.4 Å². The molecule has 8 nitrogen and oxygen atoms in total. The molecule has 0 radical (unpaired) electrons. The Balaban J connectivity index is 1.88. The number of benzene rings is 1. The molecule has 1 heterocycles. The summed E-state index contributed by atoms with van der Waals surface area (Å²) in [6.45, 7) is 2.21. The Morgan fingerprint density at radius 3 is 2.68 bits per heavy atom. The van der Waals surface area contributed by atoms with Gasteiger partial charge in [0.2, 0.25) is 0 Å². The number of hydrogen-bond acceptors (Lipinski definition) is 7. The summed E-state index contributed by atoms with van der Waals surface area (Å²) in [6, 6.07) is 4.42. The summed E-state index contributed by atoms with van der Waals surface area (Å²) in [7, 11) is 0. The first kappa shape index (κ1) is 16.7. The standard InChI is InChI=1S/C17H16N2O6/c1-2-25-16-12(14(22)15(16)23)18-11-5-3-4-10(13(11)21)17(24)19-7-6-9(20)8-19/h3-5,18,21H,2,6-8H2,1H3. The highest BCUT2D eigenvalue weighted by atomic mass is 16.5. The number of nitrogens with zero attached hydrogens (tertiary/aromatic N) is 1. The number of hydrogen-bond donors (Lipinski definition) is 2. The fourth-order valence-electron chi connectivity index (χ4n) is 2.69. The van der Waals surface area contributed by atoms with Gasteiger partial charge in [-0.2, -0.15) is 0 Å². The summed E-state index contributed by atoms with van der Waals surface area (Å²) in [4.78, 5) is 48.3. The molecule has 0 spiro atoms. The van der Waals surface area contributed by atoms with Crippen molar-refractivity contribution in [3.8, 4) is 11.5 Å². The van der Waals surface area contributed by atoms with E-state index < -0.39 is 16.8 Å². The van der Waals surface area contributed by atoms with Gasteiger partial charge in [0.1, 0.15) is 5.69 Å². The number of phenolic OH excluding ortho intramolecular Hbond substituents is 1. The van der Waals surface area contributed by atoms with Crippen molar-refractivity contribution < 1.29 is 19.4 Å². The Labute approximate surface area is 142 Å². The molecule has 8 heteroatoms. The lowest BCUT2D eigenvalue weighted by atomic mass is 10.1. The maximum absolute atomic E-state index is 12.4. The lowest BCUT2D eigenvalue weighted by Crippen LogP contribution is -2.35. The van der Waals surface area contributed by atoms with E-state index in [9.17, 15) is 24.3 Å². The van der Waals surface area contributed by atoms with Crippen LogP contribution in [0.25, 0.3) is 0 Å². The van der Waals surface area contributed by atoms with Crippen molar-refractivity contribution in [2.75, 3.05) is 25.0 Å². The highest BCUT2D eigenvalue weighted by molar-refractivity contribution is 6.02. The Hall–Kier alpha value is -3.16. The normalized spacial score (nSPS) is 14.1. The molecule has 0 saturated carbocycles. The lowest BCUT2D eigenvalue weighted by molar-refractivity contribution is -0.116. The van der Waals surface area contributed by atoms with Crippen LogP contribution in [-0.4, -0.2) is 41.4 Å². The molecule has 0 atom stereocenters. The first-order valence-electron chi connectivity index (χ1n) is 7.80. The van der Waals surface area contributed by atoms with Crippen molar-refractivity contribution in [1.82, 2.24) is 4.90 Å². The predicted octanol–water partition coefficient (Wildman–Crippen LogP) is 0.545. The van der Waals surface area contributed by atoms with Gasteiger partial charge in [-0.05, 0) is 19.1 Å².